The van der Waals surface area contributed by atoms with Crippen molar-refractivity contribution in [3.05, 3.63) is 69.2 Å². The first-order valence-corrected chi connectivity index (χ1v) is 8.43. The lowest BCUT2D eigenvalue weighted by Crippen LogP contribution is -2.11. The Morgan fingerprint density at radius 3 is 2.77 bits per heavy atom. The highest BCUT2D eigenvalue weighted by molar-refractivity contribution is 6.32. The van der Waals surface area contributed by atoms with E-state index in [1.807, 2.05) is 13.8 Å². The van der Waals surface area contributed by atoms with Crippen molar-refractivity contribution in [2.75, 3.05) is 0 Å². The van der Waals surface area contributed by atoms with Crippen LogP contribution in [0.5, 0.6) is 5.75 Å². The SMILES string of the molecule is CC(C)Oc1ccc(/C=C(/C#N)c2nc3ccccc3c(=O)[nH]2)cc1Cl. The number of nitrogens with one attached hydrogen (secondary N) is 1. The zero-order valence-corrected chi connectivity index (χ0v) is 15.0. The maximum absolute atomic E-state index is 12.2. The van der Waals surface area contributed by atoms with Gasteiger partial charge >= 0.3 is 0 Å². The third kappa shape index (κ3) is 3.76. The molecule has 0 saturated heterocycles. The molecule has 1 aromatic heterocycles. The van der Waals surface area contributed by atoms with Crippen LogP contribution in [-0.4, -0.2) is 16.1 Å². The summed E-state index contributed by atoms with van der Waals surface area (Å²) in [5, 5.41) is 10.4. The minimum absolute atomic E-state index is 0.00966. The van der Waals surface area contributed by atoms with Gasteiger partial charge in [0.05, 0.1) is 27.6 Å². The minimum atomic E-state index is -0.287. The van der Waals surface area contributed by atoms with Crippen LogP contribution in [-0.2, 0) is 0 Å². The van der Waals surface area contributed by atoms with Crippen molar-refractivity contribution in [1.29, 1.82) is 5.26 Å². The molecule has 0 fully saturated rings. The lowest BCUT2D eigenvalue weighted by atomic mass is 10.1. The number of nitrogens with zero attached hydrogens (tertiary/aromatic N) is 2. The molecule has 26 heavy (non-hydrogen) atoms. The number of ether oxygens (including phenoxy) is 1. The van der Waals surface area contributed by atoms with Crippen LogP contribution in [0.3, 0.4) is 0 Å². The van der Waals surface area contributed by atoms with Crippen molar-refractivity contribution < 1.29 is 4.74 Å². The Balaban J connectivity index is 2.03. The second-order valence-electron chi connectivity index (χ2n) is 5.96. The topological polar surface area (TPSA) is 78.8 Å². The Labute approximate surface area is 155 Å². The summed E-state index contributed by atoms with van der Waals surface area (Å²) in [7, 11) is 0. The molecule has 3 rings (SSSR count). The van der Waals surface area contributed by atoms with Crippen LogP contribution in [0.15, 0.2) is 47.3 Å². The fourth-order valence-electron chi connectivity index (χ4n) is 2.49. The Hall–Kier alpha value is -3.10. The third-order valence-electron chi connectivity index (χ3n) is 3.62. The number of benzene rings is 2. The number of hydrogen-bond donors (Lipinski definition) is 1. The number of aromatic nitrogens is 2. The zero-order valence-electron chi connectivity index (χ0n) is 14.3. The number of H-pyrrole nitrogens is 1. The molecule has 1 N–H and O–H groups in total. The molecule has 0 aliphatic rings. The molecule has 0 amide bonds. The summed E-state index contributed by atoms with van der Waals surface area (Å²) in [5.74, 6) is 0.796. The second-order valence-corrected chi connectivity index (χ2v) is 6.37. The summed E-state index contributed by atoms with van der Waals surface area (Å²) >= 11 is 6.24. The first-order chi connectivity index (χ1) is 12.5. The minimum Gasteiger partial charge on any atom is -0.489 e. The van der Waals surface area contributed by atoms with Crippen LogP contribution in [0, 0.1) is 11.3 Å². The number of allylic oxidation sites excluding steroid dienone is 1. The number of halogens is 1. The van der Waals surface area contributed by atoms with Gasteiger partial charge in [0.15, 0.2) is 5.82 Å². The van der Waals surface area contributed by atoms with Gasteiger partial charge in [0.25, 0.3) is 5.56 Å². The number of fused-ring (bicyclic) bond motifs is 1. The number of nitriles is 1. The third-order valence-corrected chi connectivity index (χ3v) is 3.91. The van der Waals surface area contributed by atoms with E-state index in [1.165, 1.54) is 0 Å². The van der Waals surface area contributed by atoms with Gasteiger partial charge in [0.2, 0.25) is 0 Å². The predicted octanol–water partition coefficient (Wildman–Crippen LogP) is 4.43. The summed E-state index contributed by atoms with van der Waals surface area (Å²) in [6.07, 6.45) is 1.63. The van der Waals surface area contributed by atoms with Crippen LogP contribution in [0.2, 0.25) is 5.02 Å². The highest BCUT2D eigenvalue weighted by atomic mass is 35.5. The smallest absolute Gasteiger partial charge is 0.259 e. The molecule has 0 saturated carbocycles. The van der Waals surface area contributed by atoms with Crippen LogP contribution in [0.1, 0.15) is 25.2 Å². The van der Waals surface area contributed by atoms with Crippen LogP contribution < -0.4 is 10.3 Å². The summed E-state index contributed by atoms with van der Waals surface area (Å²) in [5.41, 5.74) is 1.19. The summed E-state index contributed by atoms with van der Waals surface area (Å²) in [4.78, 5) is 19.2. The molecule has 3 aromatic rings. The molecule has 0 aliphatic heterocycles. The molecule has 2 aromatic carbocycles. The van der Waals surface area contributed by atoms with E-state index in [0.717, 1.165) is 0 Å². The lowest BCUT2D eigenvalue weighted by molar-refractivity contribution is 0.242. The maximum atomic E-state index is 12.2. The van der Waals surface area contributed by atoms with Crippen molar-refractivity contribution in [3.63, 3.8) is 0 Å². The zero-order chi connectivity index (χ0) is 18.7. The van der Waals surface area contributed by atoms with Gasteiger partial charge in [-0.05, 0) is 49.8 Å². The van der Waals surface area contributed by atoms with Crippen molar-refractivity contribution in [2.24, 2.45) is 0 Å². The van der Waals surface area contributed by atoms with Gasteiger partial charge in [-0.15, -0.1) is 0 Å². The largest absolute Gasteiger partial charge is 0.489 e. The predicted molar refractivity (Wildman–Crippen MR) is 103 cm³/mol. The summed E-state index contributed by atoms with van der Waals surface area (Å²) in [6.45, 7) is 3.83. The van der Waals surface area contributed by atoms with Gasteiger partial charge < -0.3 is 9.72 Å². The Morgan fingerprint density at radius 1 is 1.31 bits per heavy atom. The van der Waals surface area contributed by atoms with Crippen LogP contribution in [0.25, 0.3) is 22.6 Å². The highest BCUT2D eigenvalue weighted by Crippen LogP contribution is 2.28. The monoisotopic (exact) mass is 365 g/mol. The summed E-state index contributed by atoms with van der Waals surface area (Å²) in [6, 6.07) is 14.3. The van der Waals surface area contributed by atoms with E-state index in [1.54, 1.807) is 48.5 Å². The van der Waals surface area contributed by atoms with Crippen molar-refractivity contribution in [2.45, 2.75) is 20.0 Å². The number of hydrogen-bond acceptors (Lipinski definition) is 4. The second kappa shape index (κ2) is 7.42. The Bertz CT molecular complexity index is 1090. The molecule has 6 heteroatoms. The summed E-state index contributed by atoms with van der Waals surface area (Å²) < 4.78 is 5.60. The van der Waals surface area contributed by atoms with E-state index in [-0.39, 0.29) is 23.1 Å². The van der Waals surface area contributed by atoms with E-state index in [0.29, 0.717) is 27.2 Å². The quantitative estimate of drug-likeness (QED) is 0.694. The molecule has 0 aliphatic carbocycles. The molecule has 1 heterocycles. The van der Waals surface area contributed by atoms with E-state index in [9.17, 15) is 10.1 Å². The number of aromatic amines is 1. The van der Waals surface area contributed by atoms with Crippen molar-refractivity contribution in [1.82, 2.24) is 9.97 Å². The Morgan fingerprint density at radius 2 is 2.08 bits per heavy atom. The van der Waals surface area contributed by atoms with Crippen molar-refractivity contribution in [3.8, 4) is 11.8 Å². The molecule has 5 nitrogen and oxygen atoms in total. The number of para-hydroxylation sites is 1. The normalized spacial score (nSPS) is 11.6. The molecule has 0 unspecified atom stereocenters. The van der Waals surface area contributed by atoms with Crippen molar-refractivity contribution >= 4 is 34.2 Å². The lowest BCUT2D eigenvalue weighted by Gasteiger charge is -2.11. The average molecular weight is 366 g/mol. The standard InChI is InChI=1S/C20H16ClN3O2/c1-12(2)26-18-8-7-13(10-16(18)21)9-14(11-22)19-23-17-6-4-3-5-15(17)20(25)24-19/h3-10,12H,1-2H3,(H,23,24,25)/b14-9-. The van der Waals surface area contributed by atoms with Gasteiger partial charge in [0, 0.05) is 0 Å². The maximum Gasteiger partial charge on any atom is 0.259 e. The highest BCUT2D eigenvalue weighted by Gasteiger charge is 2.09. The molecular formula is C20H16ClN3O2. The molecule has 130 valence electrons. The van der Waals surface area contributed by atoms with Gasteiger partial charge in [-0.3, -0.25) is 4.79 Å². The van der Waals surface area contributed by atoms with Gasteiger partial charge in [-0.1, -0.05) is 29.8 Å². The van der Waals surface area contributed by atoms with E-state index >= 15 is 0 Å². The van der Waals surface area contributed by atoms with Crippen LogP contribution >= 0.6 is 11.6 Å². The van der Waals surface area contributed by atoms with Crippen LogP contribution in [0.4, 0.5) is 0 Å². The van der Waals surface area contributed by atoms with Gasteiger partial charge in [-0.2, -0.15) is 5.26 Å². The molecule has 0 radical (unpaired) electrons. The Kier molecular flexibility index (Phi) is 5.06. The van der Waals surface area contributed by atoms with E-state index in [4.69, 9.17) is 16.3 Å². The fraction of sp³-hybridized carbons (Fsp3) is 0.150. The molecule has 0 bridgehead atoms. The molecular weight excluding hydrogens is 350 g/mol. The number of rotatable bonds is 4. The van der Waals surface area contributed by atoms with Gasteiger partial charge in [-0.25, -0.2) is 4.98 Å². The van der Waals surface area contributed by atoms with Gasteiger partial charge in [0.1, 0.15) is 11.8 Å². The van der Waals surface area contributed by atoms with E-state index < -0.39 is 0 Å². The fourth-order valence-corrected chi connectivity index (χ4v) is 2.72. The average Bonchev–Trinajstić information content (AvgIpc) is 2.61. The molecule has 0 spiro atoms. The van der Waals surface area contributed by atoms with E-state index in [2.05, 4.69) is 16.0 Å². The first-order valence-electron chi connectivity index (χ1n) is 8.05. The molecule has 0 atom stereocenters. The first kappa shape index (κ1) is 17.7.